The first-order valence-electron chi connectivity index (χ1n) is 7.78. The molecule has 1 atom stereocenters. The molecule has 5 nitrogen and oxygen atoms in total. The van der Waals surface area contributed by atoms with Gasteiger partial charge in [0.25, 0.3) is 0 Å². The van der Waals surface area contributed by atoms with E-state index >= 15 is 0 Å². The molecule has 1 aliphatic rings. The third-order valence-corrected chi connectivity index (χ3v) is 6.23. The van der Waals surface area contributed by atoms with Gasteiger partial charge in [-0.05, 0) is 36.9 Å². The van der Waals surface area contributed by atoms with Crippen LogP contribution in [0.2, 0.25) is 0 Å². The van der Waals surface area contributed by atoms with Crippen LogP contribution in [0, 0.1) is 11.3 Å². The Morgan fingerprint density at radius 3 is 2.28 bits per heavy atom. The van der Waals surface area contributed by atoms with Crippen LogP contribution >= 0.6 is 12.4 Å². The largest absolute Gasteiger partial charge is 0.303 e. The third-order valence-electron chi connectivity index (χ3n) is 4.31. The highest BCUT2D eigenvalue weighted by atomic mass is 35.5. The van der Waals surface area contributed by atoms with E-state index in [0.29, 0.717) is 25.2 Å². The fraction of sp³-hybridized carbons (Fsp3) is 0.278. The maximum Gasteiger partial charge on any atom is 0.243 e. The van der Waals surface area contributed by atoms with Crippen molar-refractivity contribution >= 4 is 22.4 Å². The molecule has 2 aromatic rings. The van der Waals surface area contributed by atoms with Crippen LogP contribution in [0.4, 0.5) is 0 Å². The zero-order chi connectivity index (χ0) is 17.2. The average molecular weight is 378 g/mol. The molecule has 7 heteroatoms. The monoisotopic (exact) mass is 377 g/mol. The van der Waals surface area contributed by atoms with Gasteiger partial charge < -0.3 is 4.90 Å². The van der Waals surface area contributed by atoms with Crippen LogP contribution in [0.25, 0.3) is 0 Å². The number of rotatable bonds is 3. The number of sulfonamides is 1. The molecule has 1 unspecified atom stereocenters. The summed E-state index contributed by atoms with van der Waals surface area (Å²) in [6.45, 7) is 1.79. The highest BCUT2D eigenvalue weighted by Gasteiger charge is 2.35. The molecule has 1 fully saturated rings. The number of halogens is 1. The standard InChI is InChI=1S/C18H19N3O2S.ClH/c1-20-11-12-21(18(14-20)16-5-3-2-4-6-16)24(22,23)17-9-7-15(13-19)8-10-17;/h2-10,18H,11-12,14H2,1H3;1H. The lowest BCUT2D eigenvalue weighted by Crippen LogP contribution is -2.49. The van der Waals surface area contributed by atoms with Crippen molar-refractivity contribution in [2.45, 2.75) is 10.9 Å². The molecule has 0 bridgehead atoms. The molecule has 0 amide bonds. The number of piperazine rings is 1. The minimum absolute atomic E-state index is 0. The van der Waals surface area contributed by atoms with E-state index in [1.165, 1.54) is 12.1 Å². The summed E-state index contributed by atoms with van der Waals surface area (Å²) < 4.78 is 27.8. The van der Waals surface area contributed by atoms with Crippen LogP contribution in [-0.2, 0) is 10.0 Å². The molecule has 132 valence electrons. The Morgan fingerprint density at radius 1 is 1.04 bits per heavy atom. The molecule has 25 heavy (non-hydrogen) atoms. The van der Waals surface area contributed by atoms with Crippen LogP contribution in [0.3, 0.4) is 0 Å². The Balaban J connectivity index is 0.00000225. The summed E-state index contributed by atoms with van der Waals surface area (Å²) in [6, 6.07) is 17.6. The van der Waals surface area contributed by atoms with Crippen molar-refractivity contribution in [3.63, 3.8) is 0 Å². The Labute approximate surface area is 154 Å². The Morgan fingerprint density at radius 2 is 1.68 bits per heavy atom. The van der Waals surface area contributed by atoms with Gasteiger partial charge in [0.1, 0.15) is 0 Å². The van der Waals surface area contributed by atoms with Crippen molar-refractivity contribution in [3.8, 4) is 6.07 Å². The number of likely N-dealkylation sites (N-methyl/N-ethyl adjacent to an activating group) is 1. The first-order valence-corrected chi connectivity index (χ1v) is 9.22. The van der Waals surface area contributed by atoms with Crippen LogP contribution in [0.15, 0.2) is 59.5 Å². The molecule has 2 aromatic carbocycles. The zero-order valence-electron chi connectivity index (χ0n) is 13.9. The molecule has 1 heterocycles. The average Bonchev–Trinajstić information content (AvgIpc) is 2.62. The summed E-state index contributed by atoms with van der Waals surface area (Å²) in [4.78, 5) is 2.37. The minimum atomic E-state index is -3.61. The van der Waals surface area contributed by atoms with Gasteiger partial charge in [0.05, 0.1) is 22.6 Å². The second-order valence-corrected chi connectivity index (χ2v) is 7.83. The van der Waals surface area contributed by atoms with Crippen LogP contribution < -0.4 is 0 Å². The predicted octanol–water partition coefficient (Wildman–Crippen LogP) is 2.66. The molecule has 0 N–H and O–H groups in total. The number of benzene rings is 2. The van der Waals surface area contributed by atoms with Gasteiger partial charge in [0.2, 0.25) is 10.0 Å². The van der Waals surface area contributed by atoms with Gasteiger partial charge in [-0.15, -0.1) is 12.4 Å². The molecule has 0 aliphatic carbocycles. The van der Waals surface area contributed by atoms with E-state index in [1.54, 1.807) is 16.4 Å². The third kappa shape index (κ3) is 4.02. The summed E-state index contributed by atoms with van der Waals surface area (Å²) in [5.74, 6) is 0. The number of hydrogen-bond acceptors (Lipinski definition) is 4. The quantitative estimate of drug-likeness (QED) is 0.824. The summed E-state index contributed by atoms with van der Waals surface area (Å²) >= 11 is 0. The van der Waals surface area contributed by atoms with Crippen molar-refractivity contribution < 1.29 is 8.42 Å². The van der Waals surface area contributed by atoms with Gasteiger partial charge in [-0.3, -0.25) is 0 Å². The lowest BCUT2D eigenvalue weighted by Gasteiger charge is -2.39. The van der Waals surface area contributed by atoms with E-state index in [4.69, 9.17) is 5.26 Å². The number of nitriles is 1. The van der Waals surface area contributed by atoms with E-state index < -0.39 is 10.0 Å². The second kappa shape index (κ2) is 7.98. The summed E-state index contributed by atoms with van der Waals surface area (Å²) in [7, 11) is -1.61. The smallest absolute Gasteiger partial charge is 0.243 e. The van der Waals surface area contributed by atoms with Crippen LogP contribution in [-0.4, -0.2) is 44.3 Å². The SMILES string of the molecule is CN1CCN(S(=O)(=O)c2ccc(C#N)cc2)C(c2ccccc2)C1.Cl. The van der Waals surface area contributed by atoms with Crippen molar-refractivity contribution in [2.24, 2.45) is 0 Å². The van der Waals surface area contributed by atoms with E-state index in [1.807, 2.05) is 43.4 Å². The van der Waals surface area contributed by atoms with E-state index in [2.05, 4.69) is 4.90 Å². The molecule has 3 rings (SSSR count). The molecule has 0 spiro atoms. The normalized spacial score (nSPS) is 19.0. The molecule has 0 aromatic heterocycles. The van der Waals surface area contributed by atoms with Crippen molar-refractivity contribution in [3.05, 3.63) is 65.7 Å². The first kappa shape index (κ1) is 19.4. The van der Waals surface area contributed by atoms with Crippen LogP contribution in [0.1, 0.15) is 17.2 Å². The molecule has 1 aliphatic heterocycles. The highest BCUT2D eigenvalue weighted by Crippen LogP contribution is 2.30. The van der Waals surface area contributed by atoms with E-state index in [9.17, 15) is 8.42 Å². The summed E-state index contributed by atoms with van der Waals surface area (Å²) in [5.41, 5.74) is 1.44. The number of hydrogen-bond donors (Lipinski definition) is 0. The molecule has 0 radical (unpaired) electrons. The van der Waals surface area contributed by atoms with Gasteiger partial charge in [-0.25, -0.2) is 8.42 Å². The Hall–Kier alpha value is -1.91. The summed E-state index contributed by atoms with van der Waals surface area (Å²) in [5, 5.41) is 8.88. The van der Waals surface area contributed by atoms with Crippen molar-refractivity contribution in [1.82, 2.24) is 9.21 Å². The highest BCUT2D eigenvalue weighted by molar-refractivity contribution is 7.89. The second-order valence-electron chi connectivity index (χ2n) is 5.94. The lowest BCUT2D eigenvalue weighted by molar-refractivity contribution is 0.160. The van der Waals surface area contributed by atoms with Gasteiger partial charge >= 0.3 is 0 Å². The molecule has 0 saturated carbocycles. The fourth-order valence-corrected chi connectivity index (χ4v) is 4.57. The van der Waals surface area contributed by atoms with Gasteiger partial charge in [-0.2, -0.15) is 9.57 Å². The molecular weight excluding hydrogens is 358 g/mol. The maximum atomic E-state index is 13.1. The fourth-order valence-electron chi connectivity index (χ4n) is 2.97. The first-order chi connectivity index (χ1) is 11.5. The predicted molar refractivity (Wildman–Crippen MR) is 99.0 cm³/mol. The Bertz CT molecular complexity index is 848. The van der Waals surface area contributed by atoms with E-state index in [0.717, 1.165) is 5.56 Å². The lowest BCUT2D eigenvalue weighted by atomic mass is 10.1. The van der Waals surface area contributed by atoms with E-state index in [-0.39, 0.29) is 23.3 Å². The zero-order valence-corrected chi connectivity index (χ0v) is 15.5. The van der Waals surface area contributed by atoms with Crippen molar-refractivity contribution in [2.75, 3.05) is 26.7 Å². The van der Waals surface area contributed by atoms with Gasteiger partial charge in [0, 0.05) is 19.6 Å². The van der Waals surface area contributed by atoms with Gasteiger partial charge in [-0.1, -0.05) is 30.3 Å². The molecular formula is C18H20ClN3O2S. The topological polar surface area (TPSA) is 64.4 Å². The summed E-state index contributed by atoms with van der Waals surface area (Å²) in [6.07, 6.45) is 0. The molecule has 1 saturated heterocycles. The Kier molecular flexibility index (Phi) is 6.20. The minimum Gasteiger partial charge on any atom is -0.303 e. The van der Waals surface area contributed by atoms with Crippen molar-refractivity contribution in [1.29, 1.82) is 5.26 Å². The number of nitrogens with zero attached hydrogens (tertiary/aromatic N) is 3. The van der Waals surface area contributed by atoms with Crippen LogP contribution in [0.5, 0.6) is 0 Å². The van der Waals surface area contributed by atoms with Gasteiger partial charge in [0.15, 0.2) is 0 Å². The maximum absolute atomic E-state index is 13.1.